The van der Waals surface area contributed by atoms with Gasteiger partial charge in [0, 0.05) is 12.2 Å². The first-order valence-corrected chi connectivity index (χ1v) is 8.01. The fourth-order valence-corrected chi connectivity index (χ4v) is 2.41. The maximum Gasteiger partial charge on any atom is 0.417 e. The minimum absolute atomic E-state index is 0.00885. The summed E-state index contributed by atoms with van der Waals surface area (Å²) in [5.41, 5.74) is -0.0334. The fraction of sp³-hybridized carbons (Fsp3) is 0.118. The van der Waals surface area contributed by atoms with E-state index in [4.69, 9.17) is 11.6 Å². The van der Waals surface area contributed by atoms with Gasteiger partial charge in [0.25, 0.3) is 0 Å². The largest absolute Gasteiger partial charge is 0.417 e. The Morgan fingerprint density at radius 2 is 1.78 bits per heavy atom. The molecule has 0 radical (unpaired) electrons. The van der Waals surface area contributed by atoms with E-state index in [2.05, 4.69) is 25.8 Å². The molecule has 0 unspecified atom stereocenters. The zero-order chi connectivity index (χ0) is 19.4. The molecule has 0 aliphatic carbocycles. The van der Waals surface area contributed by atoms with Crippen LogP contribution in [0.25, 0.3) is 0 Å². The molecule has 3 rings (SSSR count). The Bertz CT molecular complexity index is 931. The van der Waals surface area contributed by atoms with E-state index in [0.717, 1.165) is 17.7 Å². The molecule has 0 aliphatic heterocycles. The highest BCUT2D eigenvalue weighted by Gasteiger charge is 2.33. The average molecular weight is 398 g/mol. The summed E-state index contributed by atoms with van der Waals surface area (Å²) in [6.07, 6.45) is -3.22. The van der Waals surface area contributed by atoms with Crippen LogP contribution in [0.1, 0.15) is 11.1 Å². The Balaban J connectivity index is 1.71. The molecule has 0 bridgehead atoms. The van der Waals surface area contributed by atoms with E-state index in [-0.39, 0.29) is 17.5 Å². The normalized spacial score (nSPS) is 11.3. The lowest BCUT2D eigenvalue weighted by Crippen LogP contribution is -2.08. The van der Waals surface area contributed by atoms with Crippen molar-refractivity contribution in [2.24, 2.45) is 0 Å². The van der Waals surface area contributed by atoms with Crippen LogP contribution in [0, 0.1) is 5.82 Å². The van der Waals surface area contributed by atoms with Gasteiger partial charge in [0.1, 0.15) is 5.82 Å². The van der Waals surface area contributed by atoms with Crippen LogP contribution >= 0.6 is 11.6 Å². The molecule has 0 aliphatic rings. The number of aromatic nitrogens is 3. The molecule has 0 atom stereocenters. The molecular weight excluding hydrogens is 386 g/mol. The van der Waals surface area contributed by atoms with Crippen molar-refractivity contribution in [1.29, 1.82) is 0 Å². The second-order valence-electron chi connectivity index (χ2n) is 5.46. The summed E-state index contributed by atoms with van der Waals surface area (Å²) in [7, 11) is 0. The van der Waals surface area contributed by atoms with Gasteiger partial charge < -0.3 is 10.6 Å². The molecule has 10 heteroatoms. The van der Waals surface area contributed by atoms with Gasteiger partial charge in [-0.15, -0.1) is 5.10 Å². The Morgan fingerprint density at radius 3 is 2.48 bits per heavy atom. The predicted octanol–water partition coefficient (Wildman–Crippen LogP) is 5.04. The molecule has 1 heterocycles. The van der Waals surface area contributed by atoms with E-state index < -0.39 is 16.8 Å². The van der Waals surface area contributed by atoms with Gasteiger partial charge >= 0.3 is 6.18 Å². The van der Waals surface area contributed by atoms with Crippen LogP contribution in [0.3, 0.4) is 0 Å². The highest BCUT2D eigenvalue weighted by molar-refractivity contribution is 6.31. The summed E-state index contributed by atoms with van der Waals surface area (Å²) in [6, 6.07) is 9.27. The maximum absolute atomic E-state index is 12.9. The summed E-state index contributed by atoms with van der Waals surface area (Å²) < 4.78 is 51.7. The molecule has 0 spiro atoms. The smallest absolute Gasteiger partial charge is 0.365 e. The number of hydrogen-bond donors (Lipinski definition) is 2. The summed E-state index contributed by atoms with van der Waals surface area (Å²) in [4.78, 5) is 4.13. The van der Waals surface area contributed by atoms with Crippen LogP contribution in [0.2, 0.25) is 5.02 Å². The van der Waals surface area contributed by atoms with Gasteiger partial charge in [-0.05, 0) is 35.9 Å². The van der Waals surface area contributed by atoms with E-state index in [1.54, 1.807) is 12.1 Å². The van der Waals surface area contributed by atoms with Gasteiger partial charge in [-0.2, -0.15) is 23.3 Å². The van der Waals surface area contributed by atoms with E-state index in [1.807, 2.05) is 0 Å². The van der Waals surface area contributed by atoms with Crippen molar-refractivity contribution in [3.63, 3.8) is 0 Å². The number of benzene rings is 2. The SMILES string of the molecule is Fc1ccc(CNc2cnnc(Nc3ccc(Cl)c(C(F)(F)F)c3)n2)cc1. The van der Waals surface area contributed by atoms with Crippen molar-refractivity contribution in [2.45, 2.75) is 12.7 Å². The average Bonchev–Trinajstić information content (AvgIpc) is 2.62. The first kappa shape index (κ1) is 18.8. The number of alkyl halides is 3. The number of nitrogens with zero attached hydrogens (tertiary/aromatic N) is 3. The fourth-order valence-electron chi connectivity index (χ4n) is 2.19. The predicted molar refractivity (Wildman–Crippen MR) is 93.3 cm³/mol. The minimum atomic E-state index is -4.58. The molecule has 0 saturated heterocycles. The zero-order valence-electron chi connectivity index (χ0n) is 13.6. The first-order valence-electron chi connectivity index (χ1n) is 7.63. The summed E-state index contributed by atoms with van der Waals surface area (Å²) >= 11 is 5.59. The Kier molecular flexibility index (Phi) is 5.41. The molecule has 0 amide bonds. The third-order valence-electron chi connectivity index (χ3n) is 3.47. The van der Waals surface area contributed by atoms with E-state index in [0.29, 0.717) is 12.4 Å². The molecule has 1 aromatic heterocycles. The molecule has 140 valence electrons. The molecule has 2 N–H and O–H groups in total. The monoisotopic (exact) mass is 397 g/mol. The topological polar surface area (TPSA) is 62.7 Å². The van der Waals surface area contributed by atoms with Crippen molar-refractivity contribution < 1.29 is 17.6 Å². The van der Waals surface area contributed by atoms with Gasteiger partial charge in [-0.3, -0.25) is 0 Å². The van der Waals surface area contributed by atoms with Crippen molar-refractivity contribution >= 4 is 29.1 Å². The lowest BCUT2D eigenvalue weighted by Gasteiger charge is -2.12. The number of halogens is 5. The highest BCUT2D eigenvalue weighted by atomic mass is 35.5. The van der Waals surface area contributed by atoms with Crippen LogP contribution in [-0.2, 0) is 12.7 Å². The lowest BCUT2D eigenvalue weighted by molar-refractivity contribution is -0.137. The highest BCUT2D eigenvalue weighted by Crippen LogP contribution is 2.36. The van der Waals surface area contributed by atoms with Gasteiger partial charge in [-0.25, -0.2) is 4.39 Å². The molecule has 27 heavy (non-hydrogen) atoms. The summed E-state index contributed by atoms with van der Waals surface area (Å²) in [5, 5.41) is 12.7. The maximum atomic E-state index is 12.9. The van der Waals surface area contributed by atoms with E-state index in [1.165, 1.54) is 24.4 Å². The van der Waals surface area contributed by atoms with Crippen LogP contribution < -0.4 is 10.6 Å². The van der Waals surface area contributed by atoms with Gasteiger partial charge in [0.15, 0.2) is 5.82 Å². The summed E-state index contributed by atoms with van der Waals surface area (Å²) in [5.74, 6) is 0.0199. The summed E-state index contributed by atoms with van der Waals surface area (Å²) in [6.45, 7) is 0.359. The van der Waals surface area contributed by atoms with Crippen LogP contribution in [-0.4, -0.2) is 15.2 Å². The quantitative estimate of drug-likeness (QED) is 0.591. The second kappa shape index (κ2) is 7.75. The molecule has 0 saturated carbocycles. The Morgan fingerprint density at radius 1 is 1.04 bits per heavy atom. The van der Waals surface area contributed by atoms with Crippen molar-refractivity contribution in [3.8, 4) is 0 Å². The second-order valence-corrected chi connectivity index (χ2v) is 5.87. The number of rotatable bonds is 5. The molecule has 2 aromatic carbocycles. The zero-order valence-corrected chi connectivity index (χ0v) is 14.3. The van der Waals surface area contributed by atoms with Gasteiger partial charge in [-0.1, -0.05) is 23.7 Å². The van der Waals surface area contributed by atoms with Crippen LogP contribution in [0.5, 0.6) is 0 Å². The van der Waals surface area contributed by atoms with Crippen molar-refractivity contribution in [1.82, 2.24) is 15.2 Å². The minimum Gasteiger partial charge on any atom is -0.365 e. The third kappa shape index (κ3) is 5.04. The molecular formula is C17H12ClF4N5. The molecule has 3 aromatic rings. The number of hydrogen-bond acceptors (Lipinski definition) is 5. The van der Waals surface area contributed by atoms with Crippen molar-refractivity contribution in [3.05, 3.63) is 70.6 Å². The first-order chi connectivity index (χ1) is 12.8. The standard InChI is InChI=1S/C17H12ClF4N5/c18-14-6-5-12(7-13(14)17(20,21)22)25-16-26-15(9-24-27-16)23-8-10-1-3-11(19)4-2-10/h1-7,9H,8H2,(H2,23,25,26,27). The Labute approximate surface area is 156 Å². The van der Waals surface area contributed by atoms with E-state index >= 15 is 0 Å². The van der Waals surface area contributed by atoms with E-state index in [9.17, 15) is 17.6 Å². The number of anilines is 3. The van der Waals surface area contributed by atoms with Crippen molar-refractivity contribution in [2.75, 3.05) is 10.6 Å². The number of nitrogens with one attached hydrogen (secondary N) is 2. The molecule has 0 fully saturated rings. The van der Waals surface area contributed by atoms with Crippen LogP contribution in [0.15, 0.2) is 48.7 Å². The van der Waals surface area contributed by atoms with Crippen LogP contribution in [0.4, 0.5) is 35.0 Å². The third-order valence-corrected chi connectivity index (χ3v) is 3.80. The van der Waals surface area contributed by atoms with Gasteiger partial charge in [0.2, 0.25) is 5.95 Å². The lowest BCUT2D eigenvalue weighted by atomic mass is 10.2. The molecule has 5 nitrogen and oxygen atoms in total. The van der Waals surface area contributed by atoms with Gasteiger partial charge in [0.05, 0.1) is 16.8 Å². The Hall–Kier alpha value is -2.94.